The Bertz CT molecular complexity index is 1330. The number of carbonyl (C=O) groups is 1. The lowest BCUT2D eigenvalue weighted by Gasteiger charge is -2.36. The second-order valence-corrected chi connectivity index (χ2v) is 11.4. The molecule has 1 heterocycles. The number of halogens is 2. The first-order valence-corrected chi connectivity index (χ1v) is 14.3. The van der Waals surface area contributed by atoms with Crippen LogP contribution in [-0.4, -0.2) is 62.9 Å². The molecule has 6 nitrogen and oxygen atoms in total. The van der Waals surface area contributed by atoms with Crippen LogP contribution in [0.4, 0.5) is 0 Å². The largest absolute Gasteiger partial charge is 0.339 e. The van der Waals surface area contributed by atoms with E-state index >= 15 is 0 Å². The molecule has 1 amide bonds. The van der Waals surface area contributed by atoms with Crippen LogP contribution < -0.4 is 4.72 Å². The Morgan fingerprint density at radius 1 is 0.919 bits per heavy atom. The number of sulfonamides is 1. The third kappa shape index (κ3) is 7.66. The molecule has 9 heteroatoms. The zero-order valence-corrected chi connectivity index (χ0v) is 22.6. The minimum Gasteiger partial charge on any atom is -0.339 e. The van der Waals surface area contributed by atoms with E-state index in [-0.39, 0.29) is 27.3 Å². The van der Waals surface area contributed by atoms with Crippen LogP contribution in [0, 0.1) is 0 Å². The number of nitrogens with zero attached hydrogens (tertiary/aromatic N) is 2. The molecular weight excluding hydrogens is 529 g/mol. The van der Waals surface area contributed by atoms with Gasteiger partial charge in [0.15, 0.2) is 0 Å². The molecule has 1 fully saturated rings. The average molecular weight is 559 g/mol. The highest BCUT2D eigenvalue weighted by Gasteiger charge is 2.32. The van der Waals surface area contributed by atoms with Gasteiger partial charge in [-0.15, -0.1) is 0 Å². The molecule has 0 aliphatic carbocycles. The number of amides is 1. The highest BCUT2D eigenvalue weighted by Crippen LogP contribution is 2.25. The fourth-order valence-corrected chi connectivity index (χ4v) is 6.19. The molecule has 194 valence electrons. The second-order valence-electron chi connectivity index (χ2n) is 8.88. The minimum atomic E-state index is -4.10. The van der Waals surface area contributed by atoms with Crippen molar-refractivity contribution < 1.29 is 13.2 Å². The normalized spacial score (nSPS) is 15.7. The Morgan fingerprint density at radius 2 is 1.57 bits per heavy atom. The Morgan fingerprint density at radius 3 is 2.24 bits per heavy atom. The number of nitrogens with one attached hydrogen (secondary N) is 1. The second kappa shape index (κ2) is 12.7. The van der Waals surface area contributed by atoms with Gasteiger partial charge in [0.25, 0.3) is 0 Å². The van der Waals surface area contributed by atoms with Crippen molar-refractivity contribution in [2.75, 3.05) is 32.7 Å². The van der Waals surface area contributed by atoms with E-state index in [0.717, 1.165) is 17.7 Å². The smallest absolute Gasteiger partial charge is 0.242 e. The van der Waals surface area contributed by atoms with E-state index in [0.29, 0.717) is 26.2 Å². The summed E-state index contributed by atoms with van der Waals surface area (Å²) in [5.41, 5.74) is 2.00. The quantitative estimate of drug-likeness (QED) is 0.412. The Hall–Kier alpha value is -2.68. The number of rotatable bonds is 9. The van der Waals surface area contributed by atoms with Crippen LogP contribution in [0.2, 0.25) is 10.0 Å². The lowest BCUT2D eigenvalue weighted by Crippen LogP contribution is -2.55. The first kappa shape index (κ1) is 27.4. The van der Waals surface area contributed by atoms with Gasteiger partial charge >= 0.3 is 0 Å². The molecule has 0 radical (unpaired) electrons. The van der Waals surface area contributed by atoms with Crippen molar-refractivity contribution in [3.05, 3.63) is 106 Å². The summed E-state index contributed by atoms with van der Waals surface area (Å²) in [7, 11) is -4.10. The highest BCUT2D eigenvalue weighted by atomic mass is 35.5. The Labute approximate surface area is 228 Å². The molecule has 0 spiro atoms. The molecule has 1 saturated heterocycles. The molecule has 0 bridgehead atoms. The minimum absolute atomic E-state index is 0.0416. The molecule has 1 aliphatic rings. The summed E-state index contributed by atoms with van der Waals surface area (Å²) >= 11 is 12.2. The molecule has 0 aromatic heterocycles. The monoisotopic (exact) mass is 557 g/mol. The average Bonchev–Trinajstić information content (AvgIpc) is 2.91. The van der Waals surface area contributed by atoms with Gasteiger partial charge in [-0.2, -0.15) is 4.72 Å². The summed E-state index contributed by atoms with van der Waals surface area (Å²) in [6.07, 6.45) is 4.42. The predicted molar refractivity (Wildman–Crippen MR) is 149 cm³/mol. The van der Waals surface area contributed by atoms with E-state index in [2.05, 4.69) is 33.9 Å². The molecule has 4 rings (SSSR count). The van der Waals surface area contributed by atoms with Crippen LogP contribution in [0.3, 0.4) is 0 Å². The number of hydrogen-bond acceptors (Lipinski definition) is 4. The van der Waals surface area contributed by atoms with E-state index in [9.17, 15) is 13.2 Å². The molecular formula is C28H29Cl2N3O3S. The van der Waals surface area contributed by atoms with Gasteiger partial charge < -0.3 is 4.90 Å². The van der Waals surface area contributed by atoms with Gasteiger partial charge in [-0.1, -0.05) is 96.0 Å². The first-order valence-electron chi connectivity index (χ1n) is 12.1. The predicted octanol–water partition coefficient (Wildman–Crippen LogP) is 4.74. The molecule has 0 unspecified atom stereocenters. The fraction of sp³-hybridized carbons (Fsp3) is 0.250. The van der Waals surface area contributed by atoms with Crippen molar-refractivity contribution in [1.82, 2.24) is 14.5 Å². The van der Waals surface area contributed by atoms with E-state index in [1.807, 2.05) is 48.5 Å². The molecule has 3 aromatic carbocycles. The van der Waals surface area contributed by atoms with E-state index in [1.165, 1.54) is 18.2 Å². The third-order valence-corrected chi connectivity index (χ3v) is 8.41. The summed E-state index contributed by atoms with van der Waals surface area (Å²) in [4.78, 5) is 17.4. The maximum Gasteiger partial charge on any atom is 0.242 e. The van der Waals surface area contributed by atoms with Gasteiger partial charge in [-0.25, -0.2) is 8.42 Å². The van der Waals surface area contributed by atoms with Gasteiger partial charge in [0.05, 0.1) is 5.02 Å². The van der Waals surface area contributed by atoms with Gasteiger partial charge in [0, 0.05) is 37.7 Å². The fourth-order valence-electron chi connectivity index (χ4n) is 4.24. The summed E-state index contributed by atoms with van der Waals surface area (Å²) in [5, 5.41) is 0.285. The molecule has 1 atom stereocenters. The van der Waals surface area contributed by atoms with Crippen molar-refractivity contribution in [2.45, 2.75) is 17.4 Å². The Kier molecular flexibility index (Phi) is 9.40. The zero-order chi connectivity index (χ0) is 26.3. The van der Waals surface area contributed by atoms with Crippen molar-refractivity contribution in [3.63, 3.8) is 0 Å². The Balaban J connectivity index is 1.44. The van der Waals surface area contributed by atoms with Crippen molar-refractivity contribution in [1.29, 1.82) is 0 Å². The van der Waals surface area contributed by atoms with E-state index < -0.39 is 16.1 Å². The summed E-state index contributed by atoms with van der Waals surface area (Å²) < 4.78 is 29.1. The van der Waals surface area contributed by atoms with Gasteiger partial charge in [0.1, 0.15) is 10.9 Å². The van der Waals surface area contributed by atoms with Crippen molar-refractivity contribution >= 4 is 45.2 Å². The van der Waals surface area contributed by atoms with Gasteiger partial charge in [0.2, 0.25) is 15.9 Å². The van der Waals surface area contributed by atoms with E-state index in [1.54, 1.807) is 4.90 Å². The van der Waals surface area contributed by atoms with Crippen LogP contribution in [0.1, 0.15) is 11.1 Å². The standard InChI is InChI=1S/C28H29Cl2N3O3S/c29-24-13-14-25(30)27(21-24)37(35,36)31-26(20-23-10-5-2-6-11-23)28(34)33-18-16-32(17-19-33)15-7-12-22-8-3-1-4-9-22/h1-14,21,26,31H,15-20H2/b12-7+/t26-/m1/s1. The number of benzene rings is 3. The van der Waals surface area contributed by atoms with E-state index in [4.69, 9.17) is 23.2 Å². The molecule has 1 N–H and O–H groups in total. The van der Waals surface area contributed by atoms with Crippen LogP contribution in [0.25, 0.3) is 6.08 Å². The van der Waals surface area contributed by atoms with Crippen LogP contribution in [0.5, 0.6) is 0 Å². The lowest BCUT2D eigenvalue weighted by atomic mass is 10.1. The van der Waals surface area contributed by atoms with Gasteiger partial charge in [-0.3, -0.25) is 9.69 Å². The van der Waals surface area contributed by atoms with Gasteiger partial charge in [-0.05, 0) is 35.7 Å². The summed E-state index contributed by atoms with van der Waals surface area (Å²) in [5.74, 6) is -0.259. The molecule has 37 heavy (non-hydrogen) atoms. The summed E-state index contributed by atoms with van der Waals surface area (Å²) in [6.45, 7) is 3.22. The van der Waals surface area contributed by atoms with Crippen molar-refractivity contribution in [3.8, 4) is 0 Å². The molecule has 1 aliphatic heterocycles. The van der Waals surface area contributed by atoms with Crippen LogP contribution in [0.15, 0.2) is 89.8 Å². The maximum atomic E-state index is 13.6. The molecule has 0 saturated carbocycles. The first-order chi connectivity index (χ1) is 17.8. The van der Waals surface area contributed by atoms with Crippen LogP contribution >= 0.6 is 23.2 Å². The van der Waals surface area contributed by atoms with Crippen molar-refractivity contribution in [2.24, 2.45) is 0 Å². The number of carbonyl (C=O) groups excluding carboxylic acids is 1. The topological polar surface area (TPSA) is 69.7 Å². The highest BCUT2D eigenvalue weighted by molar-refractivity contribution is 7.89. The third-order valence-electron chi connectivity index (χ3n) is 6.22. The maximum absolute atomic E-state index is 13.6. The number of piperazine rings is 1. The number of hydrogen-bond donors (Lipinski definition) is 1. The SMILES string of the molecule is O=C([C@@H](Cc1ccccc1)NS(=O)(=O)c1cc(Cl)ccc1Cl)N1CCN(C/C=C/c2ccccc2)CC1. The van der Waals surface area contributed by atoms with Crippen LogP contribution in [-0.2, 0) is 21.2 Å². The molecule has 3 aromatic rings. The summed E-state index contributed by atoms with van der Waals surface area (Å²) in [6, 6.07) is 22.7. The lowest BCUT2D eigenvalue weighted by molar-refractivity contribution is -0.134. The zero-order valence-electron chi connectivity index (χ0n) is 20.3.